The first-order valence-electron chi connectivity index (χ1n) is 1.54. The van der Waals surface area contributed by atoms with Crippen LogP contribution in [0.15, 0.2) is 0 Å². The van der Waals surface area contributed by atoms with Gasteiger partial charge in [-0.15, -0.1) is 0 Å². The number of carboxylic acid groups (broad SMARTS) is 1. The summed E-state index contributed by atoms with van der Waals surface area (Å²) in [6.45, 7) is 0. The zero-order chi connectivity index (χ0) is 5.70. The van der Waals surface area contributed by atoms with Gasteiger partial charge >= 0.3 is 40.4 Å². The summed E-state index contributed by atoms with van der Waals surface area (Å²) in [4.78, 5) is 9.55. The van der Waals surface area contributed by atoms with Gasteiger partial charge in [-0.05, 0) is 0 Å². The van der Waals surface area contributed by atoms with Crippen LogP contribution in [-0.2, 0) is 9.36 Å². The van der Waals surface area contributed by atoms with Gasteiger partial charge in [-0.25, -0.2) is 0 Å². The molecule has 4 heteroatoms. The van der Waals surface area contributed by atoms with Gasteiger partial charge in [-0.2, -0.15) is 0 Å². The number of rotatable bonds is 1. The van der Waals surface area contributed by atoms with Gasteiger partial charge in [-0.3, -0.25) is 0 Å². The van der Waals surface area contributed by atoms with Gasteiger partial charge in [0.2, 0.25) is 0 Å². The van der Waals surface area contributed by atoms with Crippen LogP contribution in [0, 0.1) is 5.63 Å². The van der Waals surface area contributed by atoms with E-state index in [4.69, 9.17) is 5.11 Å². The summed E-state index contributed by atoms with van der Waals surface area (Å²) in [5.41, 5.74) is 2.06. The second-order valence-corrected chi connectivity index (χ2v) is 1.32. The molecule has 0 saturated heterocycles. The molecule has 0 aromatic heterocycles. The second kappa shape index (κ2) is 3.66. The van der Waals surface area contributed by atoms with Crippen LogP contribution in [0.25, 0.3) is 0 Å². The van der Waals surface area contributed by atoms with Crippen molar-refractivity contribution in [3.8, 4) is 5.63 Å². The molecule has 0 bridgehead atoms. The Morgan fingerprint density at radius 1 is 1.86 bits per heavy atom. The van der Waals surface area contributed by atoms with Crippen LogP contribution < -0.4 is 0 Å². The molecule has 0 aliphatic heterocycles. The predicted octanol–water partition coefficient (Wildman–Crippen LogP) is 0.712. The molecule has 0 aromatic rings. The van der Waals surface area contributed by atoms with Crippen molar-refractivity contribution >= 4 is 13.9 Å². The van der Waals surface area contributed by atoms with E-state index in [1.54, 1.807) is 0 Å². The van der Waals surface area contributed by atoms with Crippen LogP contribution in [0.4, 0.5) is 0 Å². The molecule has 0 radical (unpaired) electrons. The van der Waals surface area contributed by atoms with E-state index in [1.807, 2.05) is 0 Å². The van der Waals surface area contributed by atoms with E-state index >= 15 is 0 Å². The van der Waals surface area contributed by atoms with E-state index in [9.17, 15) is 9.36 Å². The summed E-state index contributed by atoms with van der Waals surface area (Å²) in [6, 6.07) is 0. The van der Waals surface area contributed by atoms with Crippen molar-refractivity contribution in [3.63, 3.8) is 0 Å². The van der Waals surface area contributed by atoms with E-state index in [1.165, 1.54) is 0 Å². The van der Waals surface area contributed by atoms with Gasteiger partial charge in [0.1, 0.15) is 0 Å². The van der Waals surface area contributed by atoms with Crippen LogP contribution in [0.2, 0.25) is 0 Å². The summed E-state index contributed by atoms with van der Waals surface area (Å²) in [5.74, 6) is -1.01. The first-order valence-corrected chi connectivity index (χ1v) is 2.35. The molecular weight excluding hydrogens is 115 g/mol. The van der Waals surface area contributed by atoms with Gasteiger partial charge in [0.15, 0.2) is 0 Å². The van der Waals surface area contributed by atoms with Gasteiger partial charge in [0.25, 0.3) is 0 Å². The molecule has 0 amide bonds. The van der Waals surface area contributed by atoms with Gasteiger partial charge in [0.05, 0.1) is 0 Å². The molecule has 0 unspecified atom stereocenters. The molecule has 0 aromatic carbocycles. The maximum absolute atomic E-state index is 9.55. The molecule has 0 saturated carbocycles. The van der Waals surface area contributed by atoms with E-state index < -0.39 is 5.97 Å². The van der Waals surface area contributed by atoms with E-state index in [0.717, 1.165) is 0 Å². The Balaban J connectivity index is 3.47. The number of carbonyl (C=O) groups is 1. The Bertz CT molecular complexity index is 154. The van der Waals surface area contributed by atoms with E-state index in [0.29, 0.717) is 0 Å². The van der Waals surface area contributed by atoms with Crippen molar-refractivity contribution in [3.05, 3.63) is 0 Å². The topological polar surface area (TPSA) is 54.4 Å². The van der Waals surface area contributed by atoms with Crippen molar-refractivity contribution in [2.45, 2.75) is 6.42 Å². The number of carboxylic acids is 1. The van der Waals surface area contributed by atoms with Crippen LogP contribution >= 0.6 is 7.92 Å². The summed E-state index contributed by atoms with van der Waals surface area (Å²) in [7, 11) is -0.341. The number of hydrogen-bond acceptors (Lipinski definition) is 2. The molecule has 0 fully saturated rings. The number of hydrogen-bond donors (Lipinski definition) is 1. The Morgan fingerprint density at radius 2 is 2.43 bits per heavy atom. The molecule has 0 atom stereocenters. The first kappa shape index (κ1) is 6.48. The Labute approximate surface area is 41.5 Å². The Hall–Kier alpha value is -0.520. The number of aliphatic carboxylic acids is 1. The van der Waals surface area contributed by atoms with Crippen LogP contribution in [0.5, 0.6) is 0 Å². The van der Waals surface area contributed by atoms with Crippen molar-refractivity contribution < 1.29 is 14.5 Å². The monoisotopic (exact) mass is 118 g/mol. The quantitative estimate of drug-likeness (QED) is 0.516. The normalized spacial score (nSPS) is 6.86. The zero-order valence-corrected chi connectivity index (χ0v) is 4.31. The van der Waals surface area contributed by atoms with Crippen molar-refractivity contribution in [1.82, 2.24) is 0 Å². The third-order valence-corrected chi connectivity index (χ3v) is 0.582. The Kier molecular flexibility index (Phi) is 3.39. The SMILES string of the molecule is O=P#CCC(=O)O. The second-order valence-electron chi connectivity index (χ2n) is 0.820. The van der Waals surface area contributed by atoms with Crippen molar-refractivity contribution in [2.75, 3.05) is 0 Å². The van der Waals surface area contributed by atoms with Crippen molar-refractivity contribution in [1.29, 1.82) is 0 Å². The molecule has 0 rings (SSSR count). The van der Waals surface area contributed by atoms with Crippen LogP contribution in [0.3, 0.4) is 0 Å². The third kappa shape index (κ3) is 5.48. The summed E-state index contributed by atoms with van der Waals surface area (Å²) >= 11 is 0. The van der Waals surface area contributed by atoms with Crippen LogP contribution in [-0.4, -0.2) is 11.1 Å². The minimum atomic E-state index is -1.01. The minimum absolute atomic E-state index is 0.259. The summed E-state index contributed by atoms with van der Waals surface area (Å²) in [5, 5.41) is 7.84. The fourth-order valence-electron chi connectivity index (χ4n) is 0.0999. The molecule has 0 aliphatic rings. The average molecular weight is 118 g/mol. The molecular formula is C3H3O3P. The molecule has 1 N–H and O–H groups in total. The standard InChI is InChI=1S/C3H3O3P/c4-3(5)1-2-7-6/h1H2,(H,4,5). The van der Waals surface area contributed by atoms with Crippen molar-refractivity contribution in [2.24, 2.45) is 0 Å². The summed E-state index contributed by atoms with van der Waals surface area (Å²) in [6.07, 6.45) is -0.259. The molecule has 0 heterocycles. The van der Waals surface area contributed by atoms with Gasteiger partial charge in [0, 0.05) is 0 Å². The van der Waals surface area contributed by atoms with Gasteiger partial charge in [-0.1, -0.05) is 0 Å². The predicted molar refractivity (Wildman–Crippen MR) is 23.7 cm³/mol. The van der Waals surface area contributed by atoms with Gasteiger partial charge < -0.3 is 0 Å². The third-order valence-electron chi connectivity index (χ3n) is 0.295. The molecule has 3 nitrogen and oxygen atoms in total. The molecule has 38 valence electrons. The maximum atomic E-state index is 9.55. The molecule has 0 aliphatic carbocycles. The average Bonchev–Trinajstić information content (AvgIpc) is 1.61. The molecule has 0 spiro atoms. The van der Waals surface area contributed by atoms with Crippen LogP contribution in [0.1, 0.15) is 6.42 Å². The van der Waals surface area contributed by atoms with E-state index in [-0.39, 0.29) is 14.3 Å². The zero-order valence-electron chi connectivity index (χ0n) is 3.42. The fraction of sp³-hybridized carbons (Fsp3) is 0.333. The fourth-order valence-corrected chi connectivity index (χ4v) is 0.300. The molecule has 7 heavy (non-hydrogen) atoms. The first-order chi connectivity index (χ1) is 3.27. The Morgan fingerprint density at radius 3 is 2.57 bits per heavy atom. The van der Waals surface area contributed by atoms with E-state index in [2.05, 4.69) is 5.63 Å². The summed E-state index contributed by atoms with van der Waals surface area (Å²) < 4.78 is 9.43.